The Labute approximate surface area is 172 Å². The van der Waals surface area contributed by atoms with Crippen molar-refractivity contribution in [1.82, 2.24) is 19.9 Å². The van der Waals surface area contributed by atoms with E-state index in [0.29, 0.717) is 6.54 Å². The van der Waals surface area contributed by atoms with Crippen LogP contribution in [0.4, 0.5) is 0 Å². The third-order valence-electron chi connectivity index (χ3n) is 4.72. The number of fused-ring (bicyclic) bond motifs is 3. The van der Waals surface area contributed by atoms with Crippen LogP contribution in [0.5, 0.6) is 0 Å². The lowest BCUT2D eigenvalue weighted by Crippen LogP contribution is -2.33. The number of carbonyl (C=O) groups is 1. The van der Waals surface area contributed by atoms with Gasteiger partial charge in [-0.25, -0.2) is 0 Å². The average molecular weight is 411 g/mol. The van der Waals surface area contributed by atoms with Gasteiger partial charge in [0.2, 0.25) is 5.91 Å². The number of amides is 1. The molecule has 5 nitrogen and oxygen atoms in total. The fourth-order valence-electron chi connectivity index (χ4n) is 3.27. The normalized spacial score (nSPS) is 12.5. The van der Waals surface area contributed by atoms with Gasteiger partial charge in [0.05, 0.1) is 21.0 Å². The number of aromatic nitrogens is 3. The van der Waals surface area contributed by atoms with Crippen molar-refractivity contribution in [2.45, 2.75) is 37.0 Å². The highest BCUT2D eigenvalue weighted by atomic mass is 32.2. The molecule has 0 saturated carbocycles. The second-order valence-corrected chi connectivity index (χ2v) is 8.77. The van der Waals surface area contributed by atoms with Crippen molar-refractivity contribution in [2.24, 2.45) is 0 Å². The van der Waals surface area contributed by atoms with Crippen molar-refractivity contribution in [3.8, 4) is 0 Å². The number of benzene rings is 1. The van der Waals surface area contributed by atoms with Crippen LogP contribution in [0.1, 0.15) is 24.7 Å². The smallest absolute Gasteiger partial charge is 0.233 e. The third-order valence-corrected chi connectivity index (χ3v) is 6.92. The summed E-state index contributed by atoms with van der Waals surface area (Å²) in [5.41, 5.74) is 3.40. The molecule has 0 aliphatic heterocycles. The van der Waals surface area contributed by atoms with E-state index >= 15 is 0 Å². The van der Waals surface area contributed by atoms with E-state index < -0.39 is 0 Å². The highest BCUT2D eigenvalue weighted by molar-refractivity contribution is 8.00. The van der Waals surface area contributed by atoms with E-state index in [0.717, 1.165) is 34.7 Å². The van der Waals surface area contributed by atoms with E-state index in [1.807, 2.05) is 32.0 Å². The first-order valence-electron chi connectivity index (χ1n) is 9.37. The summed E-state index contributed by atoms with van der Waals surface area (Å²) in [4.78, 5) is 12.7. The summed E-state index contributed by atoms with van der Waals surface area (Å²) in [5, 5.41) is 14.5. The number of hydrogen-bond donors (Lipinski definition) is 1. The molecule has 4 aromatic rings. The summed E-state index contributed by atoms with van der Waals surface area (Å²) < 4.78 is 3.33. The Hall–Kier alpha value is -2.38. The molecule has 1 amide bonds. The van der Waals surface area contributed by atoms with Crippen molar-refractivity contribution >= 4 is 44.7 Å². The fourth-order valence-corrected chi connectivity index (χ4v) is 5.06. The molecule has 1 N–H and O–H groups in total. The highest BCUT2D eigenvalue weighted by Gasteiger charge is 2.21. The molecule has 144 valence electrons. The number of nitrogens with one attached hydrogen (secondary N) is 1. The van der Waals surface area contributed by atoms with Crippen LogP contribution in [-0.4, -0.2) is 32.3 Å². The van der Waals surface area contributed by atoms with Crippen molar-refractivity contribution in [3.63, 3.8) is 0 Å². The Morgan fingerprint density at radius 1 is 1.21 bits per heavy atom. The zero-order valence-electron chi connectivity index (χ0n) is 15.9. The SMILES string of the molecule is CCC(Sc1nnc(C)n2c1cc1sccc12)C(=O)NCCc1ccccc1. The molecule has 0 saturated heterocycles. The number of carbonyl (C=O) groups excluding carboxylic acids is 1. The molecular weight excluding hydrogens is 388 g/mol. The Morgan fingerprint density at radius 2 is 2.04 bits per heavy atom. The van der Waals surface area contributed by atoms with Crippen LogP contribution in [0, 0.1) is 6.92 Å². The first-order chi connectivity index (χ1) is 13.7. The Kier molecular flexibility index (Phi) is 5.64. The summed E-state index contributed by atoms with van der Waals surface area (Å²) >= 11 is 3.20. The van der Waals surface area contributed by atoms with Crippen LogP contribution < -0.4 is 5.32 Å². The van der Waals surface area contributed by atoms with Crippen LogP contribution in [0.15, 0.2) is 52.9 Å². The van der Waals surface area contributed by atoms with E-state index in [-0.39, 0.29) is 11.2 Å². The molecule has 7 heteroatoms. The molecule has 3 heterocycles. The topological polar surface area (TPSA) is 59.3 Å². The van der Waals surface area contributed by atoms with Gasteiger partial charge in [-0.1, -0.05) is 49.0 Å². The quantitative estimate of drug-likeness (QED) is 0.456. The molecule has 0 fully saturated rings. The fraction of sp³-hybridized carbons (Fsp3) is 0.286. The first-order valence-corrected chi connectivity index (χ1v) is 11.1. The monoisotopic (exact) mass is 410 g/mol. The van der Waals surface area contributed by atoms with E-state index in [9.17, 15) is 4.79 Å². The lowest BCUT2D eigenvalue weighted by atomic mass is 10.1. The molecule has 1 unspecified atom stereocenters. The van der Waals surface area contributed by atoms with Gasteiger partial charge < -0.3 is 5.32 Å². The Balaban J connectivity index is 1.48. The molecule has 0 bridgehead atoms. The predicted octanol–water partition coefficient (Wildman–Crippen LogP) is 4.48. The van der Waals surface area contributed by atoms with Gasteiger partial charge in [0.1, 0.15) is 10.9 Å². The number of aryl methyl sites for hydroxylation is 1. The summed E-state index contributed by atoms with van der Waals surface area (Å²) in [6.45, 7) is 4.62. The molecular formula is C21H22N4OS2. The van der Waals surface area contributed by atoms with Crippen LogP contribution in [0.25, 0.3) is 15.7 Å². The Morgan fingerprint density at radius 3 is 2.82 bits per heavy atom. The minimum Gasteiger partial charge on any atom is -0.355 e. The van der Waals surface area contributed by atoms with Gasteiger partial charge in [-0.05, 0) is 42.8 Å². The average Bonchev–Trinajstić information content (AvgIpc) is 3.30. The number of hydrogen-bond acceptors (Lipinski definition) is 5. The summed E-state index contributed by atoms with van der Waals surface area (Å²) in [6, 6.07) is 14.4. The molecule has 0 spiro atoms. The van der Waals surface area contributed by atoms with Crippen LogP contribution in [-0.2, 0) is 11.2 Å². The highest BCUT2D eigenvalue weighted by Crippen LogP contribution is 2.33. The number of nitrogens with zero attached hydrogens (tertiary/aromatic N) is 3. The summed E-state index contributed by atoms with van der Waals surface area (Å²) in [5.74, 6) is 0.908. The maximum atomic E-state index is 12.7. The lowest BCUT2D eigenvalue weighted by Gasteiger charge is -2.15. The largest absolute Gasteiger partial charge is 0.355 e. The third kappa shape index (κ3) is 3.77. The minimum atomic E-state index is -0.190. The van der Waals surface area contributed by atoms with Crippen LogP contribution in [0.2, 0.25) is 0 Å². The van der Waals surface area contributed by atoms with E-state index in [1.165, 1.54) is 22.0 Å². The van der Waals surface area contributed by atoms with Gasteiger partial charge in [0.15, 0.2) is 0 Å². The standard InChI is InChI=1S/C21H22N4OS2/c1-3-18(20(26)22-11-9-15-7-5-4-6-8-15)28-21-17-13-19-16(10-12-27-19)25(17)14(2)23-24-21/h4-8,10,12-13,18H,3,9,11H2,1-2H3,(H,22,26). The summed E-state index contributed by atoms with van der Waals surface area (Å²) in [6.07, 6.45) is 1.57. The Bertz CT molecular complexity index is 1100. The second kappa shape index (κ2) is 8.32. The van der Waals surface area contributed by atoms with E-state index in [2.05, 4.69) is 49.6 Å². The molecule has 4 rings (SSSR count). The number of thioether (sulfide) groups is 1. The number of rotatable bonds is 7. The molecule has 0 aliphatic rings. The van der Waals surface area contributed by atoms with Crippen molar-refractivity contribution in [1.29, 1.82) is 0 Å². The first kappa shape index (κ1) is 19.0. The van der Waals surface area contributed by atoms with Gasteiger partial charge in [0, 0.05) is 6.54 Å². The van der Waals surface area contributed by atoms with Gasteiger partial charge in [-0.15, -0.1) is 21.5 Å². The van der Waals surface area contributed by atoms with Gasteiger partial charge in [-0.2, -0.15) is 0 Å². The van der Waals surface area contributed by atoms with E-state index in [4.69, 9.17) is 0 Å². The zero-order chi connectivity index (χ0) is 19.5. The van der Waals surface area contributed by atoms with Crippen LogP contribution >= 0.6 is 23.1 Å². The molecule has 3 aromatic heterocycles. The predicted molar refractivity (Wildman–Crippen MR) is 116 cm³/mol. The maximum absolute atomic E-state index is 12.7. The van der Waals surface area contributed by atoms with Gasteiger partial charge >= 0.3 is 0 Å². The van der Waals surface area contributed by atoms with Crippen molar-refractivity contribution in [2.75, 3.05) is 6.54 Å². The minimum absolute atomic E-state index is 0.0531. The molecule has 0 radical (unpaired) electrons. The van der Waals surface area contributed by atoms with E-state index in [1.54, 1.807) is 11.3 Å². The van der Waals surface area contributed by atoms with Crippen molar-refractivity contribution < 1.29 is 4.79 Å². The van der Waals surface area contributed by atoms with Crippen LogP contribution in [0.3, 0.4) is 0 Å². The van der Waals surface area contributed by atoms with Crippen molar-refractivity contribution in [3.05, 3.63) is 59.2 Å². The summed E-state index contributed by atoms with van der Waals surface area (Å²) in [7, 11) is 0. The molecule has 28 heavy (non-hydrogen) atoms. The molecule has 1 aromatic carbocycles. The van der Waals surface area contributed by atoms with Gasteiger partial charge in [-0.3, -0.25) is 9.20 Å². The lowest BCUT2D eigenvalue weighted by molar-refractivity contribution is -0.120. The molecule has 0 aliphatic carbocycles. The maximum Gasteiger partial charge on any atom is 0.233 e. The second-order valence-electron chi connectivity index (χ2n) is 6.63. The number of thiophene rings is 1. The molecule has 1 atom stereocenters. The van der Waals surface area contributed by atoms with Gasteiger partial charge in [0.25, 0.3) is 0 Å². The zero-order valence-corrected chi connectivity index (χ0v) is 17.5.